The van der Waals surface area contributed by atoms with Gasteiger partial charge in [0.25, 0.3) is 0 Å². The number of morpholine rings is 1. The molecule has 45 heavy (non-hydrogen) atoms. The molecule has 13 heteroatoms. The third-order valence-corrected chi connectivity index (χ3v) is 10.5. The van der Waals surface area contributed by atoms with Gasteiger partial charge >= 0.3 is 6.01 Å². The number of nitrogen functional groups attached to an aromatic ring is 1. The third kappa shape index (κ3) is 5.54. The first kappa shape index (κ1) is 30.3. The van der Waals surface area contributed by atoms with Crippen LogP contribution in [0, 0.1) is 28.9 Å². The van der Waals surface area contributed by atoms with Crippen molar-refractivity contribution in [3.05, 3.63) is 40.4 Å². The molecule has 0 spiro atoms. The lowest BCUT2D eigenvalue weighted by Gasteiger charge is -2.46. The van der Waals surface area contributed by atoms with E-state index in [1.54, 1.807) is 6.07 Å². The number of ether oxygens (including phenoxy) is 2. The minimum absolute atomic E-state index is 0.00780. The van der Waals surface area contributed by atoms with Crippen molar-refractivity contribution in [2.75, 3.05) is 43.5 Å². The number of thiophene rings is 1. The fraction of sp³-hybridized carbons (Fsp3) is 0.469. The Morgan fingerprint density at radius 3 is 2.76 bits per heavy atom. The van der Waals surface area contributed by atoms with Crippen LogP contribution in [-0.4, -0.2) is 61.1 Å². The molecule has 2 unspecified atom stereocenters. The van der Waals surface area contributed by atoms with Crippen molar-refractivity contribution in [2.45, 2.75) is 56.8 Å². The molecule has 0 saturated carbocycles. The first-order valence-corrected chi connectivity index (χ1v) is 16.5. The Balaban J connectivity index is 1.38. The molecule has 0 radical (unpaired) electrons. The van der Waals surface area contributed by atoms with Gasteiger partial charge in [-0.3, -0.25) is 0 Å². The second-order valence-corrected chi connectivity index (χ2v) is 13.5. The Morgan fingerprint density at radius 1 is 1.18 bits per heavy atom. The Kier molecular flexibility index (Phi) is 8.37. The van der Waals surface area contributed by atoms with Gasteiger partial charge in [0.1, 0.15) is 34.4 Å². The molecule has 3 N–H and O–H groups in total. The van der Waals surface area contributed by atoms with Gasteiger partial charge in [0, 0.05) is 22.9 Å². The number of alkyl halides is 1. The predicted molar refractivity (Wildman–Crippen MR) is 170 cm³/mol. The Morgan fingerprint density at radius 2 is 1.98 bits per heavy atom. The lowest BCUT2D eigenvalue weighted by Crippen LogP contribution is -2.55. The molecule has 2 aromatic carbocycles. The van der Waals surface area contributed by atoms with Crippen LogP contribution in [-0.2, 0) is 4.74 Å². The topological polar surface area (TPSA) is 109 Å². The summed E-state index contributed by atoms with van der Waals surface area (Å²) >= 11 is 7.78. The van der Waals surface area contributed by atoms with Gasteiger partial charge in [-0.1, -0.05) is 17.7 Å². The molecule has 2 bridgehead atoms. The number of aromatic nitrogens is 2. The molecular formula is C32H32ClF3N6O2S. The van der Waals surface area contributed by atoms with Crippen molar-refractivity contribution < 1.29 is 22.6 Å². The fourth-order valence-corrected chi connectivity index (χ4v) is 8.28. The quantitative estimate of drug-likeness (QED) is 0.243. The summed E-state index contributed by atoms with van der Waals surface area (Å²) in [5.41, 5.74) is 6.33. The molecule has 3 fully saturated rings. The summed E-state index contributed by atoms with van der Waals surface area (Å²) in [6, 6.07) is 6.36. The number of fused-ring (bicyclic) bond motifs is 4. The van der Waals surface area contributed by atoms with Crippen LogP contribution in [0.5, 0.6) is 6.01 Å². The van der Waals surface area contributed by atoms with Crippen LogP contribution >= 0.6 is 22.9 Å². The van der Waals surface area contributed by atoms with Gasteiger partial charge in [-0.2, -0.15) is 15.2 Å². The van der Waals surface area contributed by atoms with E-state index in [2.05, 4.69) is 15.2 Å². The minimum Gasteiger partial charge on any atom is -0.463 e. The number of anilines is 2. The maximum Gasteiger partial charge on any atom is 0.319 e. The van der Waals surface area contributed by atoms with E-state index in [0.717, 1.165) is 50.0 Å². The Labute approximate surface area is 267 Å². The zero-order valence-electron chi connectivity index (χ0n) is 24.4. The summed E-state index contributed by atoms with van der Waals surface area (Å²) < 4.78 is 58.4. The smallest absolute Gasteiger partial charge is 0.319 e. The van der Waals surface area contributed by atoms with E-state index in [1.165, 1.54) is 12.1 Å². The van der Waals surface area contributed by atoms with Gasteiger partial charge < -0.3 is 25.4 Å². The van der Waals surface area contributed by atoms with Gasteiger partial charge in [-0.25, -0.2) is 13.2 Å². The molecule has 8 nitrogen and oxygen atoms in total. The molecule has 0 amide bonds. The van der Waals surface area contributed by atoms with Crippen LogP contribution in [0.15, 0.2) is 18.2 Å². The summed E-state index contributed by atoms with van der Waals surface area (Å²) in [6.45, 7) is 2.28. The van der Waals surface area contributed by atoms with Crippen molar-refractivity contribution in [3.8, 4) is 23.2 Å². The number of benzene rings is 2. The van der Waals surface area contributed by atoms with E-state index in [9.17, 15) is 14.0 Å². The van der Waals surface area contributed by atoms with Crippen LogP contribution in [0.4, 0.5) is 24.0 Å². The fourth-order valence-electron chi connectivity index (χ4n) is 7.04. The molecule has 236 valence electrons. The standard InChI is InChI=1S/C32H32ClF3N6O2S/c33-23-10-21-28(27(36)26(23)20-6-7-24(35)29-25(20)22(11-37)30(38)45-29)40-32(44-13-16-3-2-8-39-12-17(34)9-16)41-31(21)42-18-4-1-5-19(42)15-43-14-18/h6-7,10,16-19,39H,1-5,8-9,12-15,38H2/t16-,17-,18?,19?/m1/s1. The molecular weight excluding hydrogens is 625 g/mol. The second-order valence-electron chi connectivity index (χ2n) is 12.1. The largest absolute Gasteiger partial charge is 0.463 e. The van der Waals surface area contributed by atoms with E-state index in [0.29, 0.717) is 37.4 Å². The number of nitrogens with one attached hydrogen (secondary N) is 1. The first-order valence-electron chi connectivity index (χ1n) is 15.3. The van der Waals surface area contributed by atoms with Gasteiger partial charge in [0.15, 0.2) is 5.82 Å². The highest BCUT2D eigenvalue weighted by Crippen LogP contribution is 2.46. The highest BCUT2D eigenvalue weighted by molar-refractivity contribution is 7.23. The molecule has 3 aliphatic heterocycles. The van der Waals surface area contributed by atoms with Crippen molar-refractivity contribution >= 4 is 54.7 Å². The number of nitrogens with zero attached hydrogens (tertiary/aromatic N) is 4. The average Bonchev–Trinajstić information content (AvgIpc) is 3.35. The monoisotopic (exact) mass is 656 g/mol. The zero-order valence-corrected chi connectivity index (χ0v) is 26.0. The number of hydrogen-bond donors (Lipinski definition) is 2. The maximum atomic E-state index is 16.9. The summed E-state index contributed by atoms with van der Waals surface area (Å²) in [4.78, 5) is 11.6. The number of nitrogens with two attached hydrogens (primary N) is 1. The number of nitriles is 1. The van der Waals surface area contributed by atoms with E-state index < -0.39 is 17.8 Å². The van der Waals surface area contributed by atoms with E-state index in [-0.39, 0.29) is 72.9 Å². The van der Waals surface area contributed by atoms with Crippen molar-refractivity contribution in [2.24, 2.45) is 5.92 Å². The highest BCUT2D eigenvalue weighted by Gasteiger charge is 2.37. The summed E-state index contributed by atoms with van der Waals surface area (Å²) in [5.74, 6) is -0.845. The van der Waals surface area contributed by atoms with Crippen molar-refractivity contribution in [3.63, 3.8) is 0 Å². The van der Waals surface area contributed by atoms with Crippen LogP contribution < -0.4 is 20.7 Å². The van der Waals surface area contributed by atoms with Gasteiger partial charge in [0.05, 0.1) is 47.2 Å². The molecule has 3 saturated heterocycles. The van der Waals surface area contributed by atoms with Crippen molar-refractivity contribution in [1.82, 2.24) is 15.3 Å². The van der Waals surface area contributed by atoms with Crippen LogP contribution in [0.25, 0.3) is 32.1 Å². The Bertz CT molecular complexity index is 1790. The number of halogens is 4. The molecule has 5 heterocycles. The van der Waals surface area contributed by atoms with Crippen molar-refractivity contribution in [1.29, 1.82) is 5.26 Å². The predicted octanol–water partition coefficient (Wildman–Crippen LogP) is 6.76. The molecule has 2 aromatic heterocycles. The third-order valence-electron chi connectivity index (χ3n) is 9.14. The minimum atomic E-state index is -0.987. The van der Waals surface area contributed by atoms with Crippen LogP contribution in [0.2, 0.25) is 5.02 Å². The lowest BCUT2D eigenvalue weighted by atomic mass is 9.93. The molecule has 3 aliphatic rings. The Hall–Kier alpha value is -3.37. The summed E-state index contributed by atoms with van der Waals surface area (Å²) in [6.07, 6.45) is 3.87. The average molecular weight is 657 g/mol. The first-order chi connectivity index (χ1) is 21.8. The molecule has 7 rings (SSSR count). The highest BCUT2D eigenvalue weighted by atomic mass is 35.5. The summed E-state index contributed by atoms with van der Waals surface area (Å²) in [7, 11) is 0. The summed E-state index contributed by atoms with van der Waals surface area (Å²) in [5, 5.41) is 13.8. The number of hydrogen-bond acceptors (Lipinski definition) is 9. The number of piperidine rings is 1. The molecule has 4 aromatic rings. The van der Waals surface area contributed by atoms with Gasteiger partial charge in [-0.15, -0.1) is 11.3 Å². The second kappa shape index (κ2) is 12.4. The van der Waals surface area contributed by atoms with E-state index in [1.807, 2.05) is 6.07 Å². The lowest BCUT2D eigenvalue weighted by molar-refractivity contribution is 0.0458. The molecule has 0 aliphatic carbocycles. The molecule has 4 atom stereocenters. The zero-order chi connectivity index (χ0) is 31.2. The maximum absolute atomic E-state index is 16.9. The van der Waals surface area contributed by atoms with Crippen LogP contribution in [0.3, 0.4) is 0 Å². The van der Waals surface area contributed by atoms with Gasteiger partial charge in [-0.05, 0) is 68.7 Å². The van der Waals surface area contributed by atoms with E-state index in [4.69, 9.17) is 31.8 Å². The SMILES string of the molecule is N#Cc1c(N)sc2c(F)ccc(-c3c(Cl)cc4c(N5C6CCCC5COC6)nc(OC[C@@H]5CCCNC[C@H](F)C5)nc4c3F)c12. The van der Waals surface area contributed by atoms with E-state index >= 15 is 4.39 Å². The normalized spacial score (nSPS) is 23.9. The van der Waals surface area contributed by atoms with Crippen LogP contribution in [0.1, 0.15) is 44.1 Å². The number of rotatable bonds is 5. The van der Waals surface area contributed by atoms with Gasteiger partial charge in [0.2, 0.25) is 0 Å².